The first-order valence-electron chi connectivity index (χ1n) is 9.47. The Bertz CT molecular complexity index is 1210. The van der Waals surface area contributed by atoms with Crippen LogP contribution < -0.4 is 10.3 Å². The first-order valence-corrected chi connectivity index (χ1v) is 9.47. The van der Waals surface area contributed by atoms with E-state index in [0.717, 1.165) is 17.1 Å². The minimum absolute atomic E-state index is 0.0656. The highest BCUT2D eigenvalue weighted by Gasteiger charge is 2.40. The maximum atomic E-state index is 13.0. The van der Waals surface area contributed by atoms with Crippen LogP contribution in [0.5, 0.6) is 0 Å². The van der Waals surface area contributed by atoms with Gasteiger partial charge in [0.05, 0.1) is 28.9 Å². The van der Waals surface area contributed by atoms with E-state index in [1.165, 1.54) is 19.1 Å². The predicted molar refractivity (Wildman–Crippen MR) is 112 cm³/mol. The van der Waals surface area contributed by atoms with Crippen LogP contribution in [0.3, 0.4) is 0 Å². The first-order chi connectivity index (χ1) is 15.2. The molecule has 0 fully saturated rings. The lowest BCUT2D eigenvalue weighted by Crippen LogP contribution is -2.36. The van der Waals surface area contributed by atoms with E-state index < -0.39 is 29.5 Å². The summed E-state index contributed by atoms with van der Waals surface area (Å²) in [4.78, 5) is 33.9. The SMILES string of the molecule is CC1=NN(c2cccc(C(F)(F)F)c2)C(=O)[C@H]1C(=O)Nc1cccc(-c2cnccn2)c1. The van der Waals surface area contributed by atoms with E-state index in [1.807, 2.05) is 0 Å². The highest BCUT2D eigenvalue weighted by Crippen LogP contribution is 2.33. The fourth-order valence-corrected chi connectivity index (χ4v) is 3.29. The van der Waals surface area contributed by atoms with Crippen molar-refractivity contribution >= 4 is 28.9 Å². The van der Waals surface area contributed by atoms with Crippen molar-refractivity contribution in [2.75, 3.05) is 10.3 Å². The molecule has 7 nitrogen and oxygen atoms in total. The molecule has 3 aromatic rings. The van der Waals surface area contributed by atoms with Gasteiger partial charge in [-0.05, 0) is 37.3 Å². The summed E-state index contributed by atoms with van der Waals surface area (Å²) in [5.74, 6) is -2.63. The largest absolute Gasteiger partial charge is 0.416 e. The average molecular weight is 439 g/mol. The molecule has 0 unspecified atom stereocenters. The summed E-state index contributed by atoms with van der Waals surface area (Å²) in [6.45, 7) is 1.48. The van der Waals surface area contributed by atoms with Crippen LogP contribution in [-0.2, 0) is 15.8 Å². The number of benzene rings is 2. The van der Waals surface area contributed by atoms with Crippen LogP contribution in [0.15, 0.2) is 72.2 Å². The van der Waals surface area contributed by atoms with Gasteiger partial charge in [-0.1, -0.05) is 18.2 Å². The van der Waals surface area contributed by atoms with Gasteiger partial charge in [-0.25, -0.2) is 0 Å². The van der Waals surface area contributed by atoms with E-state index in [2.05, 4.69) is 20.4 Å². The van der Waals surface area contributed by atoms with Crippen molar-refractivity contribution < 1.29 is 22.8 Å². The predicted octanol–water partition coefficient (Wildman–Crippen LogP) is 4.14. The number of amides is 2. The molecule has 2 amide bonds. The third-order valence-electron chi connectivity index (χ3n) is 4.80. The number of anilines is 2. The monoisotopic (exact) mass is 439 g/mol. The van der Waals surface area contributed by atoms with Crippen molar-refractivity contribution in [1.82, 2.24) is 9.97 Å². The molecule has 0 spiro atoms. The molecule has 1 aliphatic heterocycles. The van der Waals surface area contributed by atoms with Gasteiger partial charge in [-0.15, -0.1) is 0 Å². The highest BCUT2D eigenvalue weighted by atomic mass is 19.4. The van der Waals surface area contributed by atoms with E-state index in [1.54, 1.807) is 42.9 Å². The molecule has 2 heterocycles. The number of carbonyl (C=O) groups is 2. The van der Waals surface area contributed by atoms with Crippen molar-refractivity contribution in [3.63, 3.8) is 0 Å². The number of hydrazone groups is 1. The molecule has 0 radical (unpaired) electrons. The van der Waals surface area contributed by atoms with Gasteiger partial charge in [-0.3, -0.25) is 19.6 Å². The molecule has 162 valence electrons. The number of nitrogens with zero attached hydrogens (tertiary/aromatic N) is 4. The Morgan fingerprint density at radius 1 is 1.09 bits per heavy atom. The third-order valence-corrected chi connectivity index (χ3v) is 4.80. The maximum absolute atomic E-state index is 13.0. The summed E-state index contributed by atoms with van der Waals surface area (Å²) in [7, 11) is 0. The van der Waals surface area contributed by atoms with Gasteiger partial charge in [0.15, 0.2) is 5.92 Å². The van der Waals surface area contributed by atoms with Gasteiger partial charge in [0.25, 0.3) is 5.91 Å². The van der Waals surface area contributed by atoms with Gasteiger partial charge in [-0.2, -0.15) is 23.3 Å². The van der Waals surface area contributed by atoms with Crippen molar-refractivity contribution in [3.05, 3.63) is 72.7 Å². The number of hydrogen-bond acceptors (Lipinski definition) is 5. The Kier molecular flexibility index (Phi) is 5.43. The smallest absolute Gasteiger partial charge is 0.325 e. The van der Waals surface area contributed by atoms with Crippen LogP contribution >= 0.6 is 0 Å². The van der Waals surface area contributed by atoms with E-state index in [4.69, 9.17) is 0 Å². The van der Waals surface area contributed by atoms with E-state index >= 15 is 0 Å². The summed E-state index contributed by atoms with van der Waals surface area (Å²) in [5.41, 5.74) is 0.943. The van der Waals surface area contributed by atoms with E-state index in [-0.39, 0.29) is 11.4 Å². The first kappa shape index (κ1) is 21.2. The van der Waals surface area contributed by atoms with E-state index in [0.29, 0.717) is 16.9 Å². The molecule has 10 heteroatoms. The molecule has 1 atom stereocenters. The van der Waals surface area contributed by atoms with Crippen LogP contribution in [0.1, 0.15) is 12.5 Å². The van der Waals surface area contributed by atoms with Crippen molar-refractivity contribution in [2.24, 2.45) is 11.0 Å². The topological polar surface area (TPSA) is 87.5 Å². The average Bonchev–Trinajstić information content (AvgIpc) is 3.08. The number of aromatic nitrogens is 2. The van der Waals surface area contributed by atoms with Crippen molar-refractivity contribution in [1.29, 1.82) is 0 Å². The van der Waals surface area contributed by atoms with Gasteiger partial charge < -0.3 is 5.32 Å². The Balaban J connectivity index is 1.54. The number of alkyl halides is 3. The van der Waals surface area contributed by atoms with Gasteiger partial charge >= 0.3 is 6.18 Å². The zero-order valence-electron chi connectivity index (χ0n) is 16.7. The molecular weight excluding hydrogens is 423 g/mol. The Morgan fingerprint density at radius 3 is 2.59 bits per heavy atom. The molecule has 1 aromatic heterocycles. The lowest BCUT2D eigenvalue weighted by atomic mass is 10.0. The second kappa shape index (κ2) is 8.22. The van der Waals surface area contributed by atoms with Gasteiger partial charge in [0.2, 0.25) is 5.91 Å². The zero-order chi connectivity index (χ0) is 22.9. The molecule has 0 saturated carbocycles. The van der Waals surface area contributed by atoms with Crippen molar-refractivity contribution in [3.8, 4) is 11.3 Å². The number of nitrogens with one attached hydrogen (secondary N) is 1. The standard InChI is InChI=1S/C22H16F3N5O2/c1-13-19(21(32)30(29-13)17-7-3-5-15(11-17)22(23,24)25)20(31)28-16-6-2-4-14(10-16)18-12-26-8-9-27-18/h2-12,19H,1H3,(H,28,31)/t19-/m1/s1. The lowest BCUT2D eigenvalue weighted by Gasteiger charge is -2.16. The van der Waals surface area contributed by atoms with Crippen LogP contribution in [0.4, 0.5) is 24.5 Å². The summed E-state index contributed by atoms with van der Waals surface area (Å²) < 4.78 is 39.1. The second-order valence-electron chi connectivity index (χ2n) is 7.03. The zero-order valence-corrected chi connectivity index (χ0v) is 16.7. The number of halogens is 3. The number of rotatable bonds is 4. The second-order valence-corrected chi connectivity index (χ2v) is 7.03. The molecule has 1 aliphatic rings. The molecule has 1 N–H and O–H groups in total. The summed E-state index contributed by atoms with van der Waals surface area (Å²) in [5, 5.41) is 7.52. The number of hydrogen-bond donors (Lipinski definition) is 1. The van der Waals surface area contributed by atoms with Crippen LogP contribution in [-0.4, -0.2) is 27.5 Å². The minimum Gasteiger partial charge on any atom is -0.325 e. The summed E-state index contributed by atoms with van der Waals surface area (Å²) in [6, 6.07) is 11.1. The van der Waals surface area contributed by atoms with Gasteiger partial charge in [0, 0.05) is 23.6 Å². The Labute approximate surface area is 180 Å². The van der Waals surface area contributed by atoms with Crippen LogP contribution in [0.2, 0.25) is 0 Å². The molecule has 0 saturated heterocycles. The fourth-order valence-electron chi connectivity index (χ4n) is 3.29. The summed E-state index contributed by atoms with van der Waals surface area (Å²) in [6.07, 6.45) is 0.0900. The molecule has 0 bridgehead atoms. The Morgan fingerprint density at radius 2 is 1.88 bits per heavy atom. The highest BCUT2D eigenvalue weighted by molar-refractivity contribution is 6.28. The van der Waals surface area contributed by atoms with Gasteiger partial charge in [0.1, 0.15) is 0 Å². The number of carbonyl (C=O) groups excluding carboxylic acids is 2. The van der Waals surface area contributed by atoms with E-state index in [9.17, 15) is 22.8 Å². The molecule has 32 heavy (non-hydrogen) atoms. The van der Waals surface area contributed by atoms with Crippen LogP contribution in [0, 0.1) is 5.92 Å². The maximum Gasteiger partial charge on any atom is 0.416 e. The molecule has 4 rings (SSSR count). The molecule has 2 aromatic carbocycles. The molecular formula is C22H16F3N5O2. The minimum atomic E-state index is -4.57. The molecule has 0 aliphatic carbocycles. The quantitative estimate of drug-likeness (QED) is 0.619. The third kappa shape index (κ3) is 4.20. The lowest BCUT2D eigenvalue weighted by molar-refractivity contribution is -0.137. The Hall–Kier alpha value is -4.08. The van der Waals surface area contributed by atoms with Crippen LogP contribution in [0.25, 0.3) is 11.3 Å². The normalized spacial score (nSPS) is 16.1. The fraction of sp³-hybridized carbons (Fsp3) is 0.136. The summed E-state index contributed by atoms with van der Waals surface area (Å²) >= 11 is 0. The van der Waals surface area contributed by atoms with Crippen molar-refractivity contribution in [2.45, 2.75) is 13.1 Å².